The molecule has 0 aromatic carbocycles. The fraction of sp³-hybridized carbons (Fsp3) is 0.952. The third-order valence-electron chi connectivity index (χ3n) is 11.6. The predicted molar refractivity (Wildman–Crippen MR) is 217 cm³/mol. The molecule has 3 aliphatic rings. The molecule has 1 atom stereocenters. The van der Waals surface area contributed by atoms with Gasteiger partial charge in [0.05, 0.1) is 13.2 Å². The van der Waals surface area contributed by atoms with Gasteiger partial charge < -0.3 is 10.2 Å². The Bertz CT molecular complexity index is 1060. The smallest absolute Gasteiger partial charge is 0.202 e. The van der Waals surface area contributed by atoms with Crippen molar-refractivity contribution in [1.82, 2.24) is 25.2 Å². The van der Waals surface area contributed by atoms with Crippen molar-refractivity contribution < 1.29 is 9.68 Å². The van der Waals surface area contributed by atoms with E-state index in [0.717, 1.165) is 102 Å². The lowest BCUT2D eigenvalue weighted by Gasteiger charge is -2.56. The summed E-state index contributed by atoms with van der Waals surface area (Å²) in [5, 5.41) is 8.54. The number of nitrogens with zero attached hydrogens (tertiary/aromatic N) is 6. The molecule has 0 aromatic heterocycles. The normalized spacial score (nSPS) is 24.1. The van der Waals surface area contributed by atoms with Gasteiger partial charge in [-0.05, 0) is 120 Å². The molecule has 2 fully saturated rings. The lowest BCUT2D eigenvalue weighted by atomic mass is 9.78. The number of guanidine groups is 1. The van der Waals surface area contributed by atoms with Crippen LogP contribution in [0.5, 0.6) is 0 Å². The summed E-state index contributed by atoms with van der Waals surface area (Å²) in [6.45, 7) is 36.1. The van der Waals surface area contributed by atoms with Crippen LogP contribution in [0.25, 0.3) is 0 Å². The number of nitrogens with one attached hydrogen (secondary N) is 1. The summed E-state index contributed by atoms with van der Waals surface area (Å²) < 4.78 is 0. The van der Waals surface area contributed by atoms with E-state index >= 15 is 0 Å². The molecule has 51 heavy (non-hydrogen) atoms. The van der Waals surface area contributed by atoms with E-state index in [1.807, 2.05) is 0 Å². The van der Waals surface area contributed by atoms with E-state index in [9.17, 15) is 0 Å². The molecule has 3 rings (SSSR count). The van der Waals surface area contributed by atoms with Crippen LogP contribution < -0.4 is 5.32 Å². The van der Waals surface area contributed by atoms with Crippen LogP contribution in [0.3, 0.4) is 0 Å². The van der Waals surface area contributed by atoms with E-state index in [1.54, 1.807) is 0 Å². The minimum Gasteiger partial charge on any atom is -0.339 e. The largest absolute Gasteiger partial charge is 0.339 e. The molecule has 1 N–H and O–H groups in total. The molecule has 0 amide bonds. The maximum absolute atomic E-state index is 6.47. The predicted octanol–water partition coefficient (Wildman–Crippen LogP) is 9.77. The minimum atomic E-state index is -0.240. The van der Waals surface area contributed by atoms with Gasteiger partial charge in [-0.1, -0.05) is 67.2 Å². The fourth-order valence-electron chi connectivity index (χ4n) is 9.56. The van der Waals surface area contributed by atoms with Gasteiger partial charge in [0.25, 0.3) is 0 Å². The second kappa shape index (κ2) is 19.4. The Morgan fingerprint density at radius 2 is 1.12 bits per heavy atom. The van der Waals surface area contributed by atoms with Crippen LogP contribution in [0.4, 0.5) is 0 Å². The van der Waals surface area contributed by atoms with Gasteiger partial charge in [-0.3, -0.25) is 14.6 Å². The van der Waals surface area contributed by atoms with Crippen molar-refractivity contribution in [3.05, 3.63) is 0 Å². The fourth-order valence-corrected chi connectivity index (χ4v) is 9.56. The van der Waals surface area contributed by atoms with Crippen molar-refractivity contribution in [3.63, 3.8) is 0 Å². The molecule has 0 spiro atoms. The molecule has 3 aliphatic heterocycles. The zero-order valence-electron chi connectivity index (χ0n) is 36.0. The third-order valence-corrected chi connectivity index (χ3v) is 11.6. The average Bonchev–Trinajstić information content (AvgIpc) is 3.03. The standard InChI is InChI=1S/C42H83N7O2/c1-15-21-23-24-26-47(35-31-41(11,12)49(51-28-18-4)42(13,14)32-35)38-44-36(33(19-5)20-6)43-37(45-38)46(25-22-16-2)34-29-39(7,8)48(50-27-17-3)40(9,10)30-34/h33-35,38H,15-32H2,1-14H3,(H,43,44,45). The van der Waals surface area contributed by atoms with Gasteiger partial charge in [-0.2, -0.15) is 10.1 Å². The van der Waals surface area contributed by atoms with Gasteiger partial charge in [0.2, 0.25) is 12.2 Å². The van der Waals surface area contributed by atoms with Crippen molar-refractivity contribution in [2.45, 2.75) is 227 Å². The van der Waals surface area contributed by atoms with Crippen molar-refractivity contribution >= 4 is 11.8 Å². The van der Waals surface area contributed by atoms with E-state index in [4.69, 9.17) is 19.7 Å². The van der Waals surface area contributed by atoms with Gasteiger partial charge in [-0.15, -0.1) is 0 Å². The minimum absolute atomic E-state index is 0.108. The number of aliphatic imine (C=N–C) groups is 2. The van der Waals surface area contributed by atoms with Crippen molar-refractivity contribution in [1.29, 1.82) is 0 Å². The Labute approximate surface area is 315 Å². The summed E-state index contributed by atoms with van der Waals surface area (Å²) in [6, 6.07) is 0.685. The molecule has 3 heterocycles. The first kappa shape index (κ1) is 44.1. The molecule has 0 aliphatic carbocycles. The third kappa shape index (κ3) is 11.4. The van der Waals surface area contributed by atoms with E-state index < -0.39 is 0 Å². The highest BCUT2D eigenvalue weighted by atomic mass is 16.7. The number of hydrogen-bond donors (Lipinski definition) is 1. The van der Waals surface area contributed by atoms with Gasteiger partial charge >= 0.3 is 0 Å². The van der Waals surface area contributed by atoms with Crippen LogP contribution in [0.2, 0.25) is 0 Å². The molecule has 298 valence electrons. The van der Waals surface area contributed by atoms with Gasteiger partial charge in [0.1, 0.15) is 5.84 Å². The summed E-state index contributed by atoms with van der Waals surface area (Å²) in [7, 11) is 0. The number of unbranched alkanes of at least 4 members (excludes halogenated alkanes) is 4. The first-order valence-electron chi connectivity index (χ1n) is 21.3. The molecule has 0 bridgehead atoms. The van der Waals surface area contributed by atoms with Crippen LogP contribution >= 0.6 is 0 Å². The van der Waals surface area contributed by atoms with Gasteiger partial charge in [0, 0.05) is 53.2 Å². The van der Waals surface area contributed by atoms with Crippen molar-refractivity contribution in [2.24, 2.45) is 15.9 Å². The zero-order valence-corrected chi connectivity index (χ0v) is 36.0. The molecule has 9 nitrogen and oxygen atoms in total. The van der Waals surface area contributed by atoms with Gasteiger partial charge in [-0.25, -0.2) is 9.98 Å². The summed E-state index contributed by atoms with van der Waals surface area (Å²) in [5.74, 6) is 2.53. The van der Waals surface area contributed by atoms with Gasteiger partial charge in [0.15, 0.2) is 0 Å². The summed E-state index contributed by atoms with van der Waals surface area (Å²) >= 11 is 0. The van der Waals surface area contributed by atoms with Crippen molar-refractivity contribution in [3.8, 4) is 0 Å². The maximum Gasteiger partial charge on any atom is 0.202 e. The SMILES string of the molecule is CCCCCCN(C1CC(C)(C)N(OCCC)C(C)(C)C1)C1N=C(C(CC)CC)NC(N(CCCC)C2CC(C)(C)N(OCCC)C(C)(C)C2)=N1. The lowest BCUT2D eigenvalue weighted by Crippen LogP contribution is -2.66. The zero-order chi connectivity index (χ0) is 38.0. The summed E-state index contributed by atoms with van der Waals surface area (Å²) in [5.41, 5.74) is -0.432. The second-order valence-electron chi connectivity index (χ2n) is 18.4. The molecular formula is C42H83N7O2. The molecule has 9 heteroatoms. The quantitative estimate of drug-likeness (QED) is 0.126. The number of rotatable bonds is 20. The molecular weight excluding hydrogens is 635 g/mol. The molecule has 2 saturated heterocycles. The molecule has 0 radical (unpaired) electrons. The Hall–Kier alpha value is -1.26. The molecule has 1 unspecified atom stereocenters. The topological polar surface area (TPSA) is 68.2 Å². The van der Waals surface area contributed by atoms with Crippen molar-refractivity contribution in [2.75, 3.05) is 26.3 Å². The Morgan fingerprint density at radius 1 is 0.627 bits per heavy atom. The van der Waals surface area contributed by atoms with E-state index in [1.165, 1.54) is 25.7 Å². The highest BCUT2D eigenvalue weighted by molar-refractivity contribution is 6.02. The maximum atomic E-state index is 6.47. The van der Waals surface area contributed by atoms with Crippen LogP contribution in [0, 0.1) is 5.92 Å². The number of hydrogen-bond acceptors (Lipinski definition) is 9. The monoisotopic (exact) mass is 718 g/mol. The number of piperidine rings is 2. The van der Waals surface area contributed by atoms with E-state index in [-0.39, 0.29) is 28.4 Å². The molecule has 0 saturated carbocycles. The average molecular weight is 718 g/mol. The van der Waals surface area contributed by atoms with E-state index in [2.05, 4.69) is 122 Å². The number of hydroxylamine groups is 4. The Balaban J connectivity index is 2.11. The first-order valence-corrected chi connectivity index (χ1v) is 21.3. The highest BCUT2D eigenvalue weighted by Gasteiger charge is 2.51. The van der Waals surface area contributed by atoms with Crippen LogP contribution in [0.15, 0.2) is 9.98 Å². The first-order chi connectivity index (χ1) is 24.0. The lowest BCUT2D eigenvalue weighted by molar-refractivity contribution is -0.289. The Kier molecular flexibility index (Phi) is 16.8. The summed E-state index contributed by atoms with van der Waals surface area (Å²) in [4.78, 5) is 29.5. The summed E-state index contributed by atoms with van der Waals surface area (Å²) in [6.07, 6.45) is 15.2. The van der Waals surface area contributed by atoms with Crippen LogP contribution in [-0.2, 0) is 9.68 Å². The second-order valence-corrected chi connectivity index (χ2v) is 18.4. The molecule has 0 aromatic rings. The highest BCUT2D eigenvalue weighted by Crippen LogP contribution is 2.43. The van der Waals surface area contributed by atoms with Crippen LogP contribution in [-0.4, -0.2) is 98.6 Å². The van der Waals surface area contributed by atoms with Crippen LogP contribution in [0.1, 0.15) is 187 Å². The number of amidine groups is 1. The van der Waals surface area contributed by atoms with E-state index in [0.29, 0.717) is 18.0 Å². The Morgan fingerprint density at radius 3 is 1.57 bits per heavy atom.